The van der Waals surface area contributed by atoms with E-state index in [-0.39, 0.29) is 42.5 Å². The summed E-state index contributed by atoms with van der Waals surface area (Å²) in [4.78, 5) is 0.165. The quantitative estimate of drug-likeness (QED) is 0.769. The molecule has 2 aromatic rings. The van der Waals surface area contributed by atoms with Crippen molar-refractivity contribution in [3.63, 3.8) is 0 Å². The van der Waals surface area contributed by atoms with Crippen LogP contribution in [0.4, 0.5) is 4.39 Å². The zero-order valence-corrected chi connectivity index (χ0v) is 16.6. The van der Waals surface area contributed by atoms with Gasteiger partial charge in [-0.05, 0) is 42.8 Å². The van der Waals surface area contributed by atoms with Crippen LogP contribution in [-0.4, -0.2) is 44.1 Å². The van der Waals surface area contributed by atoms with Crippen molar-refractivity contribution in [3.8, 4) is 11.8 Å². The highest BCUT2D eigenvalue weighted by atomic mass is 35.5. The number of aliphatic hydroxyl groups excluding tert-OH is 1. The minimum atomic E-state index is -3.72. The summed E-state index contributed by atoms with van der Waals surface area (Å²) in [7, 11) is -3.72. The van der Waals surface area contributed by atoms with Gasteiger partial charge in [-0.2, -0.15) is 9.57 Å². The van der Waals surface area contributed by atoms with Gasteiger partial charge < -0.3 is 9.84 Å². The lowest BCUT2D eigenvalue weighted by Crippen LogP contribution is -2.62. The van der Waals surface area contributed by atoms with Gasteiger partial charge >= 0.3 is 0 Å². The second-order valence-corrected chi connectivity index (χ2v) is 9.23. The molecule has 1 aliphatic rings. The fraction of sp³-hybridized carbons (Fsp3) is 0.316. The fourth-order valence-electron chi connectivity index (χ4n) is 3.06. The molecule has 0 spiro atoms. The Morgan fingerprint density at radius 1 is 1.32 bits per heavy atom. The number of nitriles is 1. The summed E-state index contributed by atoms with van der Waals surface area (Å²) >= 11 is 5.89. The molecule has 1 aliphatic heterocycles. The Balaban J connectivity index is 1.69. The van der Waals surface area contributed by atoms with E-state index in [1.807, 2.05) is 0 Å². The smallest absolute Gasteiger partial charge is 0.243 e. The first-order valence-electron chi connectivity index (χ1n) is 8.40. The van der Waals surface area contributed by atoms with Crippen LogP contribution in [0.1, 0.15) is 11.1 Å². The number of aliphatic hydroxyl groups is 1. The average Bonchev–Trinajstić information content (AvgIpc) is 2.60. The molecule has 0 saturated carbocycles. The van der Waals surface area contributed by atoms with E-state index in [2.05, 4.69) is 0 Å². The topological polar surface area (TPSA) is 90.6 Å². The van der Waals surface area contributed by atoms with Gasteiger partial charge in [0, 0.05) is 24.2 Å². The van der Waals surface area contributed by atoms with Gasteiger partial charge in [-0.25, -0.2) is 12.8 Å². The van der Waals surface area contributed by atoms with Crippen molar-refractivity contribution in [1.82, 2.24) is 4.31 Å². The first-order chi connectivity index (χ1) is 13.2. The fourth-order valence-corrected chi connectivity index (χ4v) is 5.16. The number of halogens is 2. The highest BCUT2D eigenvalue weighted by Crippen LogP contribution is 2.36. The molecule has 0 radical (unpaired) electrons. The van der Waals surface area contributed by atoms with E-state index in [1.54, 1.807) is 19.1 Å². The lowest BCUT2D eigenvalue weighted by atomic mass is 9.83. The summed E-state index contributed by atoms with van der Waals surface area (Å²) in [6.07, 6.45) is 0. The monoisotopic (exact) mass is 424 g/mol. The molecule has 9 heteroatoms. The average molecular weight is 425 g/mol. The van der Waals surface area contributed by atoms with Gasteiger partial charge in [-0.15, -0.1) is 0 Å². The van der Waals surface area contributed by atoms with Gasteiger partial charge in [0.1, 0.15) is 17.6 Å². The van der Waals surface area contributed by atoms with Crippen LogP contribution in [0.2, 0.25) is 5.02 Å². The maximum absolute atomic E-state index is 13.7. The van der Waals surface area contributed by atoms with Crippen LogP contribution in [0.3, 0.4) is 0 Å². The van der Waals surface area contributed by atoms with E-state index < -0.39 is 21.3 Å². The zero-order chi connectivity index (χ0) is 20.5. The normalized spacial score (nSPS) is 16.2. The third-order valence-electron chi connectivity index (χ3n) is 4.72. The number of benzene rings is 2. The third-order valence-corrected chi connectivity index (χ3v) is 6.91. The lowest BCUT2D eigenvalue weighted by Gasteiger charge is -2.47. The molecule has 0 unspecified atom stereocenters. The SMILES string of the molecule is Cc1cc(Cl)ccc1S(=O)(=O)N1CC(CO)(COc2ccc(C#N)c(F)c2)C1. The van der Waals surface area contributed by atoms with Gasteiger partial charge in [0.15, 0.2) is 0 Å². The summed E-state index contributed by atoms with van der Waals surface area (Å²) in [5.74, 6) is -0.492. The van der Waals surface area contributed by atoms with Crippen molar-refractivity contribution in [1.29, 1.82) is 5.26 Å². The molecule has 28 heavy (non-hydrogen) atoms. The van der Waals surface area contributed by atoms with E-state index >= 15 is 0 Å². The molecular weight excluding hydrogens is 407 g/mol. The predicted molar refractivity (Wildman–Crippen MR) is 101 cm³/mol. The predicted octanol–water partition coefficient (Wildman–Crippen LogP) is 2.72. The van der Waals surface area contributed by atoms with Crippen LogP contribution in [0.5, 0.6) is 5.75 Å². The van der Waals surface area contributed by atoms with Crippen LogP contribution in [0.15, 0.2) is 41.3 Å². The molecule has 0 amide bonds. The summed E-state index contributed by atoms with van der Waals surface area (Å²) in [5, 5.41) is 19.0. The standard InChI is InChI=1S/C19H18ClFN2O4S/c1-13-6-15(20)3-5-18(13)28(25,26)23-9-19(10-23,11-24)12-27-16-4-2-14(8-22)17(21)7-16/h2-7,24H,9-12H2,1H3. The number of ether oxygens (including phenoxy) is 1. The first-order valence-corrected chi connectivity index (χ1v) is 10.2. The summed E-state index contributed by atoms with van der Waals surface area (Å²) in [5.41, 5.74) is -0.334. The van der Waals surface area contributed by atoms with Crippen molar-refractivity contribution >= 4 is 21.6 Å². The van der Waals surface area contributed by atoms with Crippen molar-refractivity contribution in [3.05, 3.63) is 58.4 Å². The molecule has 1 heterocycles. The maximum Gasteiger partial charge on any atom is 0.243 e. The Bertz CT molecular complexity index is 1050. The van der Waals surface area contributed by atoms with E-state index in [0.717, 1.165) is 6.07 Å². The Labute approximate surface area is 167 Å². The van der Waals surface area contributed by atoms with Crippen LogP contribution in [-0.2, 0) is 10.0 Å². The van der Waals surface area contributed by atoms with Crippen LogP contribution >= 0.6 is 11.6 Å². The van der Waals surface area contributed by atoms with Crippen molar-refractivity contribution in [2.24, 2.45) is 5.41 Å². The Hall–Kier alpha value is -2.18. The zero-order valence-electron chi connectivity index (χ0n) is 15.0. The highest BCUT2D eigenvalue weighted by molar-refractivity contribution is 7.89. The minimum Gasteiger partial charge on any atom is -0.493 e. The molecule has 3 rings (SSSR count). The summed E-state index contributed by atoms with van der Waals surface area (Å²) < 4.78 is 46.1. The van der Waals surface area contributed by atoms with Gasteiger partial charge in [0.25, 0.3) is 0 Å². The number of aryl methyl sites for hydroxylation is 1. The van der Waals surface area contributed by atoms with Crippen LogP contribution in [0, 0.1) is 29.5 Å². The van der Waals surface area contributed by atoms with Crippen molar-refractivity contribution < 1.29 is 22.7 Å². The second-order valence-electron chi connectivity index (χ2n) is 6.88. The Kier molecular flexibility index (Phi) is 5.64. The van der Waals surface area contributed by atoms with E-state index in [4.69, 9.17) is 21.6 Å². The van der Waals surface area contributed by atoms with Gasteiger partial charge in [0.05, 0.1) is 29.1 Å². The van der Waals surface area contributed by atoms with Gasteiger partial charge in [0.2, 0.25) is 10.0 Å². The largest absolute Gasteiger partial charge is 0.493 e. The van der Waals surface area contributed by atoms with Crippen LogP contribution < -0.4 is 4.74 Å². The molecule has 1 fully saturated rings. The maximum atomic E-state index is 13.7. The van der Waals surface area contributed by atoms with Crippen LogP contribution in [0.25, 0.3) is 0 Å². The Morgan fingerprint density at radius 2 is 2.04 bits per heavy atom. The molecule has 148 valence electrons. The van der Waals surface area contributed by atoms with Gasteiger partial charge in [-0.1, -0.05) is 11.6 Å². The number of hydrogen-bond acceptors (Lipinski definition) is 5. The Morgan fingerprint density at radius 3 is 2.61 bits per heavy atom. The molecule has 0 aromatic heterocycles. The number of sulfonamides is 1. The second kappa shape index (κ2) is 7.68. The molecule has 0 atom stereocenters. The molecule has 6 nitrogen and oxygen atoms in total. The summed E-state index contributed by atoms with van der Waals surface area (Å²) in [6.45, 7) is 1.55. The molecule has 0 bridgehead atoms. The molecule has 2 aromatic carbocycles. The van der Waals surface area contributed by atoms with Gasteiger partial charge in [-0.3, -0.25) is 0 Å². The van der Waals surface area contributed by atoms with E-state index in [1.165, 1.54) is 28.6 Å². The first kappa shape index (κ1) is 20.6. The third kappa shape index (κ3) is 3.84. The number of hydrogen-bond donors (Lipinski definition) is 1. The van der Waals surface area contributed by atoms with Crippen molar-refractivity contribution in [2.45, 2.75) is 11.8 Å². The van der Waals surface area contributed by atoms with E-state index in [9.17, 15) is 17.9 Å². The molecule has 1 saturated heterocycles. The van der Waals surface area contributed by atoms with E-state index in [0.29, 0.717) is 10.6 Å². The minimum absolute atomic E-state index is 0.0143. The number of rotatable bonds is 6. The lowest BCUT2D eigenvalue weighted by molar-refractivity contribution is -0.0273. The molecule has 0 aliphatic carbocycles. The van der Waals surface area contributed by atoms with Crippen molar-refractivity contribution in [2.75, 3.05) is 26.3 Å². The highest BCUT2D eigenvalue weighted by Gasteiger charge is 2.49. The summed E-state index contributed by atoms with van der Waals surface area (Å²) in [6, 6.07) is 10.1. The molecule has 1 N–H and O–H groups in total. The molecular formula is C19H18ClFN2O4S. The number of nitrogens with zero attached hydrogens (tertiary/aromatic N) is 2.